The molecule has 0 radical (unpaired) electrons. The highest BCUT2D eigenvalue weighted by Crippen LogP contribution is 2.33. The van der Waals surface area contributed by atoms with Crippen molar-refractivity contribution in [3.05, 3.63) is 41.1 Å². The minimum absolute atomic E-state index is 0.121. The van der Waals surface area contributed by atoms with Crippen LogP contribution in [0.3, 0.4) is 0 Å². The number of benzene rings is 1. The number of hydrogen-bond donors (Lipinski definition) is 1. The molecule has 92 valence electrons. The molecule has 0 saturated heterocycles. The van der Waals surface area contributed by atoms with Crippen LogP contribution in [-0.4, -0.2) is 26.5 Å². The number of ketones is 1. The molecule has 2 aliphatic rings. The molecule has 0 saturated carbocycles. The molecule has 1 aromatic carbocycles. The summed E-state index contributed by atoms with van der Waals surface area (Å²) in [7, 11) is -3.65. The van der Waals surface area contributed by atoms with Crippen LogP contribution < -0.4 is 5.32 Å². The molecule has 1 aliphatic carbocycles. The molecular weight excluding hydrogens is 252 g/mol. The zero-order chi connectivity index (χ0) is 12.9. The summed E-state index contributed by atoms with van der Waals surface area (Å²) in [5.41, 5.74) is 1.56. The average molecular weight is 262 g/mol. The maximum absolute atomic E-state index is 12.2. The Balaban J connectivity index is 2.32. The van der Waals surface area contributed by atoms with Crippen molar-refractivity contribution in [3.8, 4) is 0 Å². The van der Waals surface area contributed by atoms with Gasteiger partial charge < -0.3 is 5.32 Å². The van der Waals surface area contributed by atoms with Crippen LogP contribution in [-0.2, 0) is 10.0 Å². The van der Waals surface area contributed by atoms with E-state index in [1.807, 2.05) is 6.92 Å². The van der Waals surface area contributed by atoms with Crippen LogP contribution in [0.5, 0.6) is 0 Å². The number of carbonyl (C=O) groups is 1. The Bertz CT molecular complexity index is 730. The van der Waals surface area contributed by atoms with E-state index in [1.54, 1.807) is 12.1 Å². The summed E-state index contributed by atoms with van der Waals surface area (Å²) in [4.78, 5) is 12.3. The van der Waals surface area contributed by atoms with Gasteiger partial charge in [0.15, 0.2) is 0 Å². The van der Waals surface area contributed by atoms with Gasteiger partial charge in [0.25, 0.3) is 10.0 Å². The van der Waals surface area contributed by atoms with Crippen molar-refractivity contribution >= 4 is 21.5 Å². The van der Waals surface area contributed by atoms with E-state index >= 15 is 0 Å². The SMILES string of the molecule is CCNC1=CC2=NS(=O)(=O)c3cccc(c32)C1=O. The predicted octanol–water partition coefficient (Wildman–Crippen LogP) is 0.868. The first kappa shape index (κ1) is 11.2. The molecule has 0 atom stereocenters. The van der Waals surface area contributed by atoms with Crippen molar-refractivity contribution in [1.29, 1.82) is 0 Å². The number of nitrogens with one attached hydrogen (secondary N) is 1. The molecule has 1 heterocycles. The quantitative estimate of drug-likeness (QED) is 0.858. The van der Waals surface area contributed by atoms with Gasteiger partial charge in [-0.3, -0.25) is 4.79 Å². The van der Waals surface area contributed by atoms with Gasteiger partial charge in [0.1, 0.15) is 0 Å². The topological polar surface area (TPSA) is 75.6 Å². The van der Waals surface area contributed by atoms with Crippen molar-refractivity contribution in [2.45, 2.75) is 11.8 Å². The van der Waals surface area contributed by atoms with E-state index in [-0.39, 0.29) is 10.7 Å². The highest BCUT2D eigenvalue weighted by molar-refractivity contribution is 7.90. The Morgan fingerprint density at radius 3 is 2.83 bits per heavy atom. The Labute approximate surface area is 104 Å². The van der Waals surface area contributed by atoms with Gasteiger partial charge in [0.2, 0.25) is 5.78 Å². The fraction of sp³-hybridized carbons (Fsp3) is 0.167. The minimum atomic E-state index is -3.65. The fourth-order valence-electron chi connectivity index (χ4n) is 2.19. The van der Waals surface area contributed by atoms with Gasteiger partial charge in [-0.25, -0.2) is 0 Å². The molecule has 3 rings (SSSR count). The zero-order valence-electron chi connectivity index (χ0n) is 9.60. The first-order chi connectivity index (χ1) is 8.54. The number of hydrogen-bond acceptors (Lipinski definition) is 4. The molecule has 18 heavy (non-hydrogen) atoms. The van der Waals surface area contributed by atoms with E-state index in [9.17, 15) is 13.2 Å². The predicted molar refractivity (Wildman–Crippen MR) is 66.3 cm³/mol. The van der Waals surface area contributed by atoms with E-state index in [4.69, 9.17) is 0 Å². The number of allylic oxidation sites excluding steroid dienone is 2. The van der Waals surface area contributed by atoms with E-state index in [0.29, 0.717) is 29.1 Å². The Morgan fingerprint density at radius 2 is 2.11 bits per heavy atom. The monoisotopic (exact) mass is 262 g/mol. The van der Waals surface area contributed by atoms with Crippen molar-refractivity contribution in [1.82, 2.24) is 5.32 Å². The van der Waals surface area contributed by atoms with E-state index < -0.39 is 10.0 Å². The Hall–Kier alpha value is -1.95. The summed E-state index contributed by atoms with van der Waals surface area (Å²) in [5.74, 6) is -0.190. The first-order valence-corrected chi connectivity index (χ1v) is 6.97. The Kier molecular flexibility index (Phi) is 2.18. The van der Waals surface area contributed by atoms with Gasteiger partial charge in [-0.15, -0.1) is 0 Å². The van der Waals surface area contributed by atoms with E-state index in [0.717, 1.165) is 0 Å². The summed E-state index contributed by atoms with van der Waals surface area (Å²) < 4.78 is 27.4. The summed E-state index contributed by atoms with van der Waals surface area (Å²) in [6.07, 6.45) is 1.50. The summed E-state index contributed by atoms with van der Waals surface area (Å²) in [6.45, 7) is 2.46. The lowest BCUT2D eigenvalue weighted by Crippen LogP contribution is -2.26. The molecule has 0 fully saturated rings. The number of likely N-dealkylation sites (N-methyl/N-ethyl adjacent to an activating group) is 1. The second kappa shape index (κ2) is 3.52. The van der Waals surface area contributed by atoms with Crippen LogP contribution >= 0.6 is 0 Å². The van der Waals surface area contributed by atoms with E-state index in [2.05, 4.69) is 9.71 Å². The van der Waals surface area contributed by atoms with Gasteiger partial charge >= 0.3 is 0 Å². The molecule has 0 bridgehead atoms. The van der Waals surface area contributed by atoms with E-state index in [1.165, 1.54) is 12.1 Å². The van der Waals surface area contributed by atoms with Crippen molar-refractivity contribution in [2.75, 3.05) is 6.54 Å². The van der Waals surface area contributed by atoms with Crippen LogP contribution in [0.4, 0.5) is 0 Å². The summed E-state index contributed by atoms with van der Waals surface area (Å²) in [5, 5.41) is 2.93. The van der Waals surface area contributed by atoms with Crippen molar-refractivity contribution < 1.29 is 13.2 Å². The number of nitrogens with zero attached hydrogens (tertiary/aromatic N) is 1. The lowest BCUT2D eigenvalue weighted by molar-refractivity contribution is 0.102. The lowest BCUT2D eigenvalue weighted by Gasteiger charge is -2.15. The summed E-state index contributed by atoms with van der Waals surface area (Å²) in [6, 6.07) is 4.67. The van der Waals surface area contributed by atoms with Gasteiger partial charge in [0.05, 0.1) is 16.3 Å². The van der Waals surface area contributed by atoms with Crippen LogP contribution in [0.25, 0.3) is 0 Å². The number of carbonyl (C=O) groups excluding carboxylic acids is 1. The van der Waals surface area contributed by atoms with Crippen molar-refractivity contribution in [3.63, 3.8) is 0 Å². The first-order valence-electron chi connectivity index (χ1n) is 5.53. The second-order valence-corrected chi connectivity index (χ2v) is 5.62. The zero-order valence-corrected chi connectivity index (χ0v) is 10.4. The van der Waals surface area contributed by atoms with Crippen LogP contribution in [0, 0.1) is 0 Å². The normalized spacial score (nSPS) is 19.1. The third-order valence-electron chi connectivity index (χ3n) is 2.92. The molecule has 0 aromatic heterocycles. The molecule has 1 N–H and O–H groups in total. The van der Waals surface area contributed by atoms with Gasteiger partial charge in [-0.1, -0.05) is 12.1 Å². The fourth-order valence-corrected chi connectivity index (χ4v) is 3.42. The Morgan fingerprint density at radius 1 is 1.33 bits per heavy atom. The van der Waals surface area contributed by atoms with Crippen LogP contribution in [0.2, 0.25) is 0 Å². The van der Waals surface area contributed by atoms with Crippen molar-refractivity contribution in [2.24, 2.45) is 4.40 Å². The number of Topliss-reactive ketones (excluding diaryl/α,β-unsaturated/α-hetero) is 1. The van der Waals surface area contributed by atoms with Gasteiger partial charge in [-0.2, -0.15) is 12.8 Å². The van der Waals surface area contributed by atoms with Crippen LogP contribution in [0.1, 0.15) is 22.8 Å². The largest absolute Gasteiger partial charge is 0.382 e. The maximum Gasteiger partial charge on any atom is 0.283 e. The highest BCUT2D eigenvalue weighted by Gasteiger charge is 2.35. The molecule has 0 spiro atoms. The molecule has 5 nitrogen and oxygen atoms in total. The maximum atomic E-state index is 12.2. The third-order valence-corrected chi connectivity index (χ3v) is 4.25. The number of sulfonamides is 1. The van der Waals surface area contributed by atoms with Gasteiger partial charge in [-0.05, 0) is 19.1 Å². The van der Waals surface area contributed by atoms with Gasteiger partial charge in [0, 0.05) is 17.7 Å². The third kappa shape index (κ3) is 1.35. The lowest BCUT2D eigenvalue weighted by atomic mass is 9.92. The molecule has 1 aromatic rings. The molecule has 0 unspecified atom stereocenters. The van der Waals surface area contributed by atoms with Crippen LogP contribution in [0.15, 0.2) is 39.3 Å². The summed E-state index contributed by atoms with van der Waals surface area (Å²) >= 11 is 0. The highest BCUT2D eigenvalue weighted by atomic mass is 32.2. The molecular formula is C12H10N2O3S. The molecule has 1 aliphatic heterocycles. The minimum Gasteiger partial charge on any atom is -0.382 e. The average Bonchev–Trinajstić information content (AvgIpc) is 2.59. The smallest absolute Gasteiger partial charge is 0.283 e. The second-order valence-electron chi connectivity index (χ2n) is 4.05. The molecule has 0 amide bonds. The standard InChI is InChI=1S/C12H10N2O3S/c1-2-13-9-6-8-11-7(12(9)15)4-3-5-10(11)18(16,17)14-8/h3-6,13H,2H2,1H3. The number of rotatable bonds is 2. The molecule has 6 heteroatoms.